The Hall–Kier alpha value is -2.02. The molecule has 2 aromatic heterocycles. The molecule has 0 saturated carbocycles. The van der Waals surface area contributed by atoms with Crippen molar-refractivity contribution in [1.29, 1.82) is 0 Å². The number of rotatable bonds is 1. The van der Waals surface area contributed by atoms with E-state index in [9.17, 15) is 4.79 Å². The van der Waals surface area contributed by atoms with Crippen LogP contribution in [0.2, 0.25) is 0 Å². The third-order valence-corrected chi connectivity index (χ3v) is 2.95. The molecular weight excluding hydrogens is 288 g/mol. The summed E-state index contributed by atoms with van der Waals surface area (Å²) in [6.45, 7) is 0. The topological polar surface area (TPSA) is 80.4 Å². The number of tetrazole rings is 1. The van der Waals surface area contributed by atoms with Gasteiger partial charge >= 0.3 is 5.97 Å². The Labute approximate surface area is 103 Å². The van der Waals surface area contributed by atoms with Gasteiger partial charge in [-0.15, -0.1) is 5.10 Å². The first-order valence-corrected chi connectivity index (χ1v) is 5.50. The minimum Gasteiger partial charge on any atom is -0.478 e. The van der Waals surface area contributed by atoms with Crippen molar-refractivity contribution in [3.8, 4) is 0 Å². The molecule has 1 N–H and O–H groups in total. The predicted molar refractivity (Wildman–Crippen MR) is 62.9 cm³/mol. The van der Waals surface area contributed by atoms with Crippen molar-refractivity contribution in [2.45, 2.75) is 0 Å². The van der Waals surface area contributed by atoms with Crippen molar-refractivity contribution in [3.05, 3.63) is 34.3 Å². The van der Waals surface area contributed by atoms with Crippen molar-refractivity contribution in [2.24, 2.45) is 0 Å². The van der Waals surface area contributed by atoms with Gasteiger partial charge in [-0.25, -0.2) is 4.79 Å². The highest BCUT2D eigenvalue weighted by Gasteiger charge is 2.14. The molecule has 0 fully saturated rings. The molecule has 17 heavy (non-hydrogen) atoms. The summed E-state index contributed by atoms with van der Waals surface area (Å²) in [4.78, 5) is 11.1. The molecule has 6 nitrogen and oxygen atoms in total. The van der Waals surface area contributed by atoms with E-state index in [1.54, 1.807) is 6.07 Å². The van der Waals surface area contributed by atoms with Crippen molar-refractivity contribution in [1.82, 2.24) is 20.0 Å². The van der Waals surface area contributed by atoms with Gasteiger partial charge in [0.1, 0.15) is 5.56 Å². The van der Waals surface area contributed by atoms with Crippen molar-refractivity contribution < 1.29 is 9.90 Å². The van der Waals surface area contributed by atoms with Gasteiger partial charge in [0.25, 0.3) is 0 Å². The van der Waals surface area contributed by atoms with E-state index < -0.39 is 5.97 Å². The second-order valence-electron chi connectivity index (χ2n) is 3.48. The van der Waals surface area contributed by atoms with Crippen LogP contribution < -0.4 is 0 Å². The fourth-order valence-corrected chi connectivity index (χ4v) is 2.11. The van der Waals surface area contributed by atoms with E-state index in [0.717, 1.165) is 15.4 Å². The van der Waals surface area contributed by atoms with E-state index in [-0.39, 0.29) is 11.2 Å². The summed E-state index contributed by atoms with van der Waals surface area (Å²) in [6, 6.07) is 7.06. The van der Waals surface area contributed by atoms with Crippen LogP contribution in [0.5, 0.6) is 0 Å². The summed E-state index contributed by atoms with van der Waals surface area (Å²) in [5.74, 6) is -1.05. The molecular formula is C10H5BrN4O2. The maximum atomic E-state index is 11.1. The van der Waals surface area contributed by atoms with E-state index >= 15 is 0 Å². The molecule has 0 radical (unpaired) electrons. The van der Waals surface area contributed by atoms with Crippen LogP contribution in [0, 0.1) is 0 Å². The fourth-order valence-electron chi connectivity index (χ4n) is 1.73. The standard InChI is InChI=1S/C10H5BrN4O2/c11-6-1-2-8-5(3-6)4-7(10(16)17)9-12-13-14-15(8)9/h1-4H,(H,16,17). The van der Waals surface area contributed by atoms with Gasteiger partial charge in [-0.2, -0.15) is 4.52 Å². The molecule has 0 spiro atoms. The molecule has 2 heterocycles. The van der Waals surface area contributed by atoms with Crippen molar-refractivity contribution >= 4 is 38.4 Å². The molecule has 0 atom stereocenters. The number of benzene rings is 1. The van der Waals surface area contributed by atoms with E-state index in [4.69, 9.17) is 5.11 Å². The average molecular weight is 293 g/mol. The summed E-state index contributed by atoms with van der Waals surface area (Å²) < 4.78 is 2.29. The molecule has 3 aromatic rings. The van der Waals surface area contributed by atoms with Gasteiger partial charge in [0.15, 0.2) is 5.65 Å². The summed E-state index contributed by atoms with van der Waals surface area (Å²) in [5, 5.41) is 20.9. The van der Waals surface area contributed by atoms with Crippen LogP contribution in [0.1, 0.15) is 10.4 Å². The van der Waals surface area contributed by atoms with E-state index in [0.29, 0.717) is 0 Å². The zero-order valence-electron chi connectivity index (χ0n) is 8.33. The Morgan fingerprint density at radius 1 is 1.35 bits per heavy atom. The van der Waals surface area contributed by atoms with E-state index in [2.05, 4.69) is 31.5 Å². The van der Waals surface area contributed by atoms with Gasteiger partial charge in [-0.3, -0.25) is 0 Å². The molecule has 0 bridgehead atoms. The number of carboxylic acid groups (broad SMARTS) is 1. The molecule has 3 rings (SSSR count). The number of hydrogen-bond donors (Lipinski definition) is 1. The highest BCUT2D eigenvalue weighted by atomic mass is 79.9. The Kier molecular flexibility index (Phi) is 2.08. The molecule has 0 unspecified atom stereocenters. The second-order valence-corrected chi connectivity index (χ2v) is 4.40. The Bertz CT molecular complexity index is 752. The van der Waals surface area contributed by atoms with Crippen LogP contribution in [0.25, 0.3) is 16.6 Å². The smallest absolute Gasteiger partial charge is 0.339 e. The van der Waals surface area contributed by atoms with Crippen LogP contribution in [0.3, 0.4) is 0 Å². The lowest BCUT2D eigenvalue weighted by molar-refractivity contribution is 0.0698. The van der Waals surface area contributed by atoms with Gasteiger partial charge < -0.3 is 5.11 Å². The van der Waals surface area contributed by atoms with Gasteiger partial charge in [0.2, 0.25) is 0 Å². The van der Waals surface area contributed by atoms with Crippen LogP contribution >= 0.6 is 15.9 Å². The Morgan fingerprint density at radius 3 is 2.94 bits per heavy atom. The summed E-state index contributed by atoms with van der Waals surface area (Å²) in [7, 11) is 0. The normalized spacial score (nSPS) is 11.1. The average Bonchev–Trinajstić information content (AvgIpc) is 2.76. The monoisotopic (exact) mass is 292 g/mol. The minimum atomic E-state index is -1.05. The Balaban J connectivity index is 2.55. The lowest BCUT2D eigenvalue weighted by Gasteiger charge is -2.03. The number of fused-ring (bicyclic) bond motifs is 3. The number of pyridine rings is 1. The highest BCUT2D eigenvalue weighted by molar-refractivity contribution is 9.10. The molecule has 0 aliphatic carbocycles. The first-order valence-electron chi connectivity index (χ1n) is 4.70. The third-order valence-electron chi connectivity index (χ3n) is 2.46. The third kappa shape index (κ3) is 1.47. The number of aromatic nitrogens is 4. The maximum Gasteiger partial charge on any atom is 0.339 e. The lowest BCUT2D eigenvalue weighted by Crippen LogP contribution is -2.02. The largest absolute Gasteiger partial charge is 0.478 e. The number of carbonyl (C=O) groups is 1. The summed E-state index contributed by atoms with van der Waals surface area (Å²) in [6.07, 6.45) is 0. The number of nitrogens with zero attached hydrogens (tertiary/aromatic N) is 4. The molecule has 7 heteroatoms. The SMILES string of the molecule is O=C(O)c1cc2cc(Br)ccc2n2nnnc12. The van der Waals surface area contributed by atoms with E-state index in [1.165, 1.54) is 4.52 Å². The van der Waals surface area contributed by atoms with Gasteiger partial charge in [-0.1, -0.05) is 15.9 Å². The van der Waals surface area contributed by atoms with Crippen LogP contribution in [-0.4, -0.2) is 31.1 Å². The van der Waals surface area contributed by atoms with Crippen molar-refractivity contribution in [2.75, 3.05) is 0 Å². The number of aromatic carboxylic acids is 1. The van der Waals surface area contributed by atoms with Crippen molar-refractivity contribution in [3.63, 3.8) is 0 Å². The highest BCUT2D eigenvalue weighted by Crippen LogP contribution is 2.22. The van der Waals surface area contributed by atoms with Gasteiger partial charge in [-0.05, 0) is 34.7 Å². The molecule has 84 valence electrons. The van der Waals surface area contributed by atoms with Gasteiger partial charge in [0, 0.05) is 9.86 Å². The first-order chi connectivity index (χ1) is 8.16. The quantitative estimate of drug-likeness (QED) is 0.739. The van der Waals surface area contributed by atoms with Crippen LogP contribution in [-0.2, 0) is 0 Å². The Morgan fingerprint density at radius 2 is 2.18 bits per heavy atom. The summed E-state index contributed by atoms with van der Waals surface area (Å²) >= 11 is 3.34. The molecule has 1 aromatic carbocycles. The lowest BCUT2D eigenvalue weighted by atomic mass is 10.1. The summed E-state index contributed by atoms with van der Waals surface area (Å²) in [5.41, 5.74) is 1.09. The number of halogens is 1. The molecule has 0 aliphatic heterocycles. The molecule has 0 aliphatic rings. The minimum absolute atomic E-state index is 0.0839. The van der Waals surface area contributed by atoms with Gasteiger partial charge in [0.05, 0.1) is 5.52 Å². The molecule has 0 amide bonds. The second kappa shape index (κ2) is 3.49. The molecule has 0 saturated heterocycles. The fraction of sp³-hybridized carbons (Fsp3) is 0. The zero-order chi connectivity index (χ0) is 12.0. The number of hydrogen-bond acceptors (Lipinski definition) is 4. The predicted octanol–water partition coefficient (Wildman–Crippen LogP) is 1.74. The van der Waals surface area contributed by atoms with Crippen LogP contribution in [0.15, 0.2) is 28.7 Å². The van der Waals surface area contributed by atoms with E-state index in [1.807, 2.05) is 18.2 Å². The number of carboxylic acids is 1. The first kappa shape index (κ1) is 10.2. The zero-order valence-corrected chi connectivity index (χ0v) is 9.92. The van der Waals surface area contributed by atoms with Crippen LogP contribution in [0.4, 0.5) is 0 Å². The maximum absolute atomic E-state index is 11.1.